The maximum absolute atomic E-state index is 10.9. The van der Waals surface area contributed by atoms with Crippen LogP contribution in [0.1, 0.15) is 11.1 Å². The van der Waals surface area contributed by atoms with E-state index in [1.54, 1.807) is 23.9 Å². The number of nitrogens with zero attached hydrogens (tertiary/aromatic N) is 2. The highest BCUT2D eigenvalue weighted by atomic mass is 32.2. The van der Waals surface area contributed by atoms with Gasteiger partial charge in [-0.3, -0.25) is 0 Å². The third-order valence-corrected chi connectivity index (χ3v) is 3.54. The van der Waals surface area contributed by atoms with Crippen molar-refractivity contribution in [2.75, 3.05) is 12.3 Å². The molecule has 1 heterocycles. The summed E-state index contributed by atoms with van der Waals surface area (Å²) in [7, 11) is 0. The number of hydrogen-bond acceptors (Lipinski definition) is 3. The topological polar surface area (TPSA) is 64.3 Å². The lowest BCUT2D eigenvalue weighted by Crippen LogP contribution is -2.29. The zero-order valence-corrected chi connectivity index (χ0v) is 9.33. The average molecular weight is 234 g/mol. The van der Waals surface area contributed by atoms with Crippen LogP contribution in [0.15, 0.2) is 23.1 Å². The molecule has 1 aromatic rings. The summed E-state index contributed by atoms with van der Waals surface area (Å²) in [6.07, 6.45) is -0.907. The van der Waals surface area contributed by atoms with Crippen LogP contribution in [0.25, 0.3) is 0 Å². The molecule has 2 rings (SSSR count). The predicted octanol–water partition coefficient (Wildman–Crippen LogP) is 2.14. The van der Waals surface area contributed by atoms with Gasteiger partial charge in [-0.25, -0.2) is 4.79 Å². The van der Waals surface area contributed by atoms with Gasteiger partial charge in [0.2, 0.25) is 0 Å². The number of thioether (sulfide) groups is 1. The molecule has 0 aromatic heterocycles. The Morgan fingerprint density at radius 3 is 3.06 bits per heavy atom. The normalized spacial score (nSPS) is 14.8. The molecule has 0 spiro atoms. The van der Waals surface area contributed by atoms with Gasteiger partial charge in [-0.1, -0.05) is 0 Å². The number of carboxylic acid groups (broad SMARTS) is 1. The predicted molar refractivity (Wildman–Crippen MR) is 60.3 cm³/mol. The SMILES string of the molecule is N#Cc1ccc2c(c1)CN(C(=O)O)CCS2. The second-order valence-electron chi connectivity index (χ2n) is 3.49. The van der Waals surface area contributed by atoms with Crippen LogP contribution in [-0.2, 0) is 6.54 Å². The van der Waals surface area contributed by atoms with Crippen LogP contribution >= 0.6 is 11.8 Å². The second kappa shape index (κ2) is 4.45. The minimum atomic E-state index is -0.907. The molecule has 0 bridgehead atoms. The van der Waals surface area contributed by atoms with Crippen molar-refractivity contribution < 1.29 is 9.90 Å². The van der Waals surface area contributed by atoms with E-state index in [9.17, 15) is 4.79 Å². The Bertz CT molecular complexity index is 468. The summed E-state index contributed by atoms with van der Waals surface area (Å²) >= 11 is 1.64. The van der Waals surface area contributed by atoms with Gasteiger partial charge >= 0.3 is 6.09 Å². The number of rotatable bonds is 0. The Morgan fingerprint density at radius 2 is 2.38 bits per heavy atom. The van der Waals surface area contributed by atoms with Crippen molar-refractivity contribution in [1.29, 1.82) is 5.26 Å². The van der Waals surface area contributed by atoms with E-state index in [4.69, 9.17) is 10.4 Å². The maximum Gasteiger partial charge on any atom is 0.407 e. The summed E-state index contributed by atoms with van der Waals surface area (Å²) in [6.45, 7) is 0.893. The Balaban J connectivity index is 2.34. The molecule has 0 saturated carbocycles. The molecule has 0 atom stereocenters. The highest BCUT2D eigenvalue weighted by molar-refractivity contribution is 7.99. The minimum absolute atomic E-state index is 0.368. The van der Waals surface area contributed by atoms with Crippen LogP contribution < -0.4 is 0 Å². The first-order valence-electron chi connectivity index (χ1n) is 4.84. The summed E-state index contributed by atoms with van der Waals surface area (Å²) in [5.41, 5.74) is 1.50. The van der Waals surface area contributed by atoms with Gasteiger partial charge in [0.1, 0.15) is 0 Å². The summed E-state index contributed by atoms with van der Waals surface area (Å²) in [5.74, 6) is 0.755. The van der Waals surface area contributed by atoms with E-state index in [1.807, 2.05) is 6.07 Å². The number of amides is 1. The summed E-state index contributed by atoms with van der Waals surface area (Å²) < 4.78 is 0. The van der Waals surface area contributed by atoms with Crippen molar-refractivity contribution in [3.05, 3.63) is 29.3 Å². The van der Waals surface area contributed by atoms with Crippen LogP contribution in [0.2, 0.25) is 0 Å². The summed E-state index contributed by atoms with van der Waals surface area (Å²) in [4.78, 5) is 13.4. The summed E-state index contributed by atoms with van der Waals surface area (Å²) in [5, 5.41) is 17.8. The minimum Gasteiger partial charge on any atom is -0.465 e. The van der Waals surface area contributed by atoms with Gasteiger partial charge in [0.15, 0.2) is 0 Å². The van der Waals surface area contributed by atoms with Crippen molar-refractivity contribution >= 4 is 17.9 Å². The van der Waals surface area contributed by atoms with Gasteiger partial charge in [0.25, 0.3) is 0 Å². The second-order valence-corrected chi connectivity index (χ2v) is 4.62. The molecule has 5 heteroatoms. The number of benzene rings is 1. The lowest BCUT2D eigenvalue weighted by atomic mass is 10.1. The Kier molecular flexibility index (Phi) is 3.02. The van der Waals surface area contributed by atoms with Gasteiger partial charge < -0.3 is 10.0 Å². The average Bonchev–Trinajstić information content (AvgIpc) is 2.49. The molecular weight excluding hydrogens is 224 g/mol. The van der Waals surface area contributed by atoms with Gasteiger partial charge in [-0.2, -0.15) is 5.26 Å². The van der Waals surface area contributed by atoms with Crippen LogP contribution in [0.5, 0.6) is 0 Å². The van der Waals surface area contributed by atoms with Crippen LogP contribution in [-0.4, -0.2) is 28.4 Å². The number of nitriles is 1. The third-order valence-electron chi connectivity index (χ3n) is 2.44. The fourth-order valence-corrected chi connectivity index (χ4v) is 2.63. The molecular formula is C11H10N2O2S. The third kappa shape index (κ3) is 2.12. The first kappa shape index (κ1) is 10.8. The molecule has 1 aliphatic rings. The highest BCUT2D eigenvalue weighted by Crippen LogP contribution is 2.28. The van der Waals surface area contributed by atoms with E-state index in [0.717, 1.165) is 16.2 Å². The largest absolute Gasteiger partial charge is 0.465 e. The van der Waals surface area contributed by atoms with Crippen molar-refractivity contribution in [3.8, 4) is 6.07 Å². The maximum atomic E-state index is 10.9. The van der Waals surface area contributed by atoms with E-state index in [0.29, 0.717) is 18.7 Å². The van der Waals surface area contributed by atoms with Gasteiger partial charge in [0.05, 0.1) is 18.2 Å². The quantitative estimate of drug-likeness (QED) is 0.747. The smallest absolute Gasteiger partial charge is 0.407 e. The lowest BCUT2D eigenvalue weighted by molar-refractivity contribution is 0.145. The monoisotopic (exact) mass is 234 g/mol. The fourth-order valence-electron chi connectivity index (χ4n) is 1.63. The molecule has 0 radical (unpaired) electrons. The van der Waals surface area contributed by atoms with E-state index in [2.05, 4.69) is 6.07 Å². The molecule has 0 aliphatic carbocycles. The first-order chi connectivity index (χ1) is 7.70. The van der Waals surface area contributed by atoms with Gasteiger partial charge in [-0.15, -0.1) is 11.8 Å². The van der Waals surface area contributed by atoms with E-state index < -0.39 is 6.09 Å². The van der Waals surface area contributed by atoms with Crippen molar-refractivity contribution in [2.45, 2.75) is 11.4 Å². The van der Waals surface area contributed by atoms with Gasteiger partial charge in [-0.05, 0) is 23.8 Å². The van der Waals surface area contributed by atoms with Crippen molar-refractivity contribution in [3.63, 3.8) is 0 Å². The molecule has 0 saturated heterocycles. The molecule has 16 heavy (non-hydrogen) atoms. The molecule has 0 unspecified atom stereocenters. The molecule has 1 aliphatic heterocycles. The zero-order chi connectivity index (χ0) is 11.5. The highest BCUT2D eigenvalue weighted by Gasteiger charge is 2.18. The van der Waals surface area contributed by atoms with E-state index >= 15 is 0 Å². The number of fused-ring (bicyclic) bond motifs is 1. The summed E-state index contributed by atoms with van der Waals surface area (Å²) in [6, 6.07) is 7.49. The van der Waals surface area contributed by atoms with Crippen LogP contribution in [0, 0.1) is 11.3 Å². The first-order valence-corrected chi connectivity index (χ1v) is 5.83. The number of carbonyl (C=O) groups is 1. The van der Waals surface area contributed by atoms with Crippen molar-refractivity contribution in [2.24, 2.45) is 0 Å². The Morgan fingerprint density at radius 1 is 1.56 bits per heavy atom. The van der Waals surface area contributed by atoms with E-state index in [1.165, 1.54) is 4.90 Å². The molecule has 4 nitrogen and oxygen atoms in total. The van der Waals surface area contributed by atoms with Crippen LogP contribution in [0.3, 0.4) is 0 Å². The lowest BCUT2D eigenvalue weighted by Gasteiger charge is -2.16. The molecule has 1 N–H and O–H groups in total. The molecule has 0 fully saturated rings. The number of hydrogen-bond donors (Lipinski definition) is 1. The zero-order valence-electron chi connectivity index (χ0n) is 8.51. The fraction of sp³-hybridized carbons (Fsp3) is 0.273. The molecule has 1 aromatic carbocycles. The Labute approximate surface area is 97.5 Å². The van der Waals surface area contributed by atoms with E-state index in [-0.39, 0.29) is 0 Å². The Hall–Kier alpha value is -1.67. The van der Waals surface area contributed by atoms with Crippen LogP contribution in [0.4, 0.5) is 4.79 Å². The standard InChI is InChI=1S/C11H10N2O2S/c12-6-8-1-2-10-9(5-8)7-13(11(14)15)3-4-16-10/h1-2,5H,3-4,7H2,(H,14,15). The molecule has 1 amide bonds. The van der Waals surface area contributed by atoms with Crippen molar-refractivity contribution in [1.82, 2.24) is 4.90 Å². The van der Waals surface area contributed by atoms with Gasteiger partial charge in [0, 0.05) is 17.2 Å². The molecule has 82 valence electrons.